The highest BCUT2D eigenvalue weighted by atomic mass is 32.2. The van der Waals surface area contributed by atoms with Crippen molar-refractivity contribution in [3.63, 3.8) is 0 Å². The lowest BCUT2D eigenvalue weighted by atomic mass is 10.1. The molecule has 3 rings (SSSR count). The standard InChI is InChI=1S/C21H26O6S/c1-24-16-7-3-14(4-8-16)11-26-13-18-20(19(22)21(23)28-18)27-12-15-5-9-17(25-2)10-6-15/h3-10,18-23H,11-13H2,1-2H3/t18-,19+,20-,21?/m1/s1. The van der Waals surface area contributed by atoms with Crippen LogP contribution >= 0.6 is 11.8 Å². The van der Waals surface area contributed by atoms with E-state index in [-0.39, 0.29) is 5.25 Å². The predicted octanol–water partition coefficient (Wildman–Crippen LogP) is 2.60. The Kier molecular flexibility index (Phi) is 7.58. The molecule has 2 aromatic carbocycles. The van der Waals surface area contributed by atoms with Gasteiger partial charge >= 0.3 is 0 Å². The Hall–Kier alpha value is -1.77. The van der Waals surface area contributed by atoms with Gasteiger partial charge in [0.15, 0.2) is 0 Å². The van der Waals surface area contributed by atoms with E-state index in [1.54, 1.807) is 14.2 Å². The van der Waals surface area contributed by atoms with Crippen LogP contribution < -0.4 is 9.47 Å². The molecule has 0 saturated carbocycles. The number of methoxy groups -OCH3 is 2. The molecule has 0 bridgehead atoms. The van der Waals surface area contributed by atoms with E-state index >= 15 is 0 Å². The van der Waals surface area contributed by atoms with Crippen molar-refractivity contribution in [3.8, 4) is 11.5 Å². The van der Waals surface area contributed by atoms with E-state index in [1.165, 1.54) is 11.8 Å². The third-order valence-corrected chi connectivity index (χ3v) is 5.93. The van der Waals surface area contributed by atoms with Gasteiger partial charge in [-0.1, -0.05) is 24.3 Å². The minimum absolute atomic E-state index is 0.151. The second kappa shape index (κ2) is 10.1. The molecule has 152 valence electrons. The van der Waals surface area contributed by atoms with Crippen molar-refractivity contribution in [2.24, 2.45) is 0 Å². The molecule has 1 aliphatic rings. The highest BCUT2D eigenvalue weighted by Crippen LogP contribution is 2.35. The van der Waals surface area contributed by atoms with Gasteiger partial charge in [-0.15, -0.1) is 11.8 Å². The van der Waals surface area contributed by atoms with E-state index in [0.29, 0.717) is 19.8 Å². The fourth-order valence-corrected chi connectivity index (χ4v) is 4.23. The maximum atomic E-state index is 10.3. The molecule has 1 heterocycles. The van der Waals surface area contributed by atoms with Gasteiger partial charge in [-0.25, -0.2) is 0 Å². The molecule has 0 aliphatic carbocycles. The normalized spacial score (nSPS) is 24.3. The lowest BCUT2D eigenvalue weighted by Crippen LogP contribution is -2.36. The maximum absolute atomic E-state index is 10.3. The second-order valence-corrected chi connectivity index (χ2v) is 7.90. The Morgan fingerprint density at radius 2 is 1.36 bits per heavy atom. The quantitative estimate of drug-likeness (QED) is 0.663. The number of ether oxygens (including phenoxy) is 4. The molecule has 1 aliphatic heterocycles. The van der Waals surface area contributed by atoms with Gasteiger partial charge in [-0.3, -0.25) is 0 Å². The van der Waals surface area contributed by atoms with E-state index < -0.39 is 17.6 Å². The summed E-state index contributed by atoms with van der Waals surface area (Å²) in [6.07, 6.45) is -1.45. The first-order valence-electron chi connectivity index (χ1n) is 9.07. The average Bonchev–Trinajstić information content (AvgIpc) is 3.00. The average molecular weight is 407 g/mol. The van der Waals surface area contributed by atoms with Crippen LogP contribution in [0.1, 0.15) is 11.1 Å². The molecule has 0 amide bonds. The molecule has 7 heteroatoms. The second-order valence-electron chi connectivity index (χ2n) is 6.54. The Morgan fingerprint density at radius 1 is 0.821 bits per heavy atom. The zero-order valence-corrected chi connectivity index (χ0v) is 16.8. The number of rotatable bonds is 9. The minimum atomic E-state index is -0.946. The van der Waals surface area contributed by atoms with Gasteiger partial charge in [0.25, 0.3) is 0 Å². The largest absolute Gasteiger partial charge is 0.497 e. The van der Waals surface area contributed by atoms with Crippen LogP contribution in [0.2, 0.25) is 0 Å². The first-order valence-corrected chi connectivity index (χ1v) is 10.0. The van der Waals surface area contributed by atoms with E-state index in [4.69, 9.17) is 18.9 Å². The summed E-state index contributed by atoms with van der Waals surface area (Å²) in [5.41, 5.74) is 1.12. The molecular weight excluding hydrogens is 380 g/mol. The van der Waals surface area contributed by atoms with Crippen LogP contribution in [0.15, 0.2) is 48.5 Å². The summed E-state index contributed by atoms with van der Waals surface area (Å²) in [6.45, 7) is 1.16. The van der Waals surface area contributed by atoms with E-state index in [9.17, 15) is 10.2 Å². The van der Waals surface area contributed by atoms with Gasteiger partial charge in [0.1, 0.15) is 29.1 Å². The highest BCUT2D eigenvalue weighted by Gasteiger charge is 2.43. The molecule has 1 unspecified atom stereocenters. The topological polar surface area (TPSA) is 77.4 Å². The van der Waals surface area contributed by atoms with E-state index in [0.717, 1.165) is 22.6 Å². The molecule has 2 N–H and O–H groups in total. The molecule has 4 atom stereocenters. The highest BCUT2D eigenvalue weighted by molar-refractivity contribution is 8.00. The van der Waals surface area contributed by atoms with Crippen molar-refractivity contribution in [2.75, 3.05) is 20.8 Å². The summed E-state index contributed by atoms with van der Waals surface area (Å²) in [4.78, 5) is 0. The molecular formula is C21H26O6S. The SMILES string of the molecule is COc1ccc(COC[C@H]2SC(O)[C@@H](O)[C@@H]2OCc2ccc(OC)cc2)cc1. The number of hydrogen-bond donors (Lipinski definition) is 2. The van der Waals surface area contributed by atoms with Gasteiger partial charge in [-0.05, 0) is 35.4 Å². The van der Waals surface area contributed by atoms with Crippen molar-refractivity contribution in [1.82, 2.24) is 0 Å². The summed E-state index contributed by atoms with van der Waals surface area (Å²) in [7, 11) is 3.25. The van der Waals surface area contributed by atoms with Crippen molar-refractivity contribution in [3.05, 3.63) is 59.7 Å². The van der Waals surface area contributed by atoms with Gasteiger partial charge in [0.05, 0.1) is 39.3 Å². The summed E-state index contributed by atoms with van der Waals surface area (Å²) in [6, 6.07) is 15.2. The zero-order valence-electron chi connectivity index (χ0n) is 16.0. The van der Waals surface area contributed by atoms with Gasteiger partial charge in [0.2, 0.25) is 0 Å². The monoisotopic (exact) mass is 406 g/mol. The summed E-state index contributed by atoms with van der Waals surface area (Å²) in [5, 5.41) is 20.2. The van der Waals surface area contributed by atoms with Crippen LogP contribution in [0.5, 0.6) is 11.5 Å². The molecule has 0 aromatic heterocycles. The lowest BCUT2D eigenvalue weighted by molar-refractivity contribution is -0.0703. The molecule has 0 spiro atoms. The smallest absolute Gasteiger partial charge is 0.128 e. The molecule has 28 heavy (non-hydrogen) atoms. The Bertz CT molecular complexity index is 721. The van der Waals surface area contributed by atoms with Gasteiger partial charge in [0, 0.05) is 0 Å². The molecule has 1 fully saturated rings. The first kappa shape index (κ1) is 21.0. The fourth-order valence-electron chi connectivity index (χ4n) is 2.99. The van der Waals surface area contributed by atoms with Crippen LogP contribution in [0.25, 0.3) is 0 Å². The van der Waals surface area contributed by atoms with E-state index in [2.05, 4.69) is 0 Å². The van der Waals surface area contributed by atoms with Crippen LogP contribution in [0.4, 0.5) is 0 Å². The van der Waals surface area contributed by atoms with Crippen molar-refractivity contribution in [2.45, 2.75) is 36.1 Å². The van der Waals surface area contributed by atoms with Crippen LogP contribution in [0.3, 0.4) is 0 Å². The van der Waals surface area contributed by atoms with Gasteiger partial charge < -0.3 is 29.2 Å². The zero-order chi connectivity index (χ0) is 19.9. The number of aliphatic hydroxyl groups excluding tert-OH is 2. The van der Waals surface area contributed by atoms with Crippen molar-refractivity contribution in [1.29, 1.82) is 0 Å². The lowest BCUT2D eigenvalue weighted by Gasteiger charge is -2.22. The van der Waals surface area contributed by atoms with Crippen molar-refractivity contribution >= 4 is 11.8 Å². The summed E-state index contributed by atoms with van der Waals surface area (Å²) < 4.78 is 22.0. The summed E-state index contributed by atoms with van der Waals surface area (Å²) in [5.74, 6) is 1.58. The summed E-state index contributed by atoms with van der Waals surface area (Å²) >= 11 is 1.28. The Morgan fingerprint density at radius 3 is 1.89 bits per heavy atom. The predicted molar refractivity (Wildman–Crippen MR) is 108 cm³/mol. The number of aliphatic hydroxyl groups is 2. The molecule has 2 aromatic rings. The van der Waals surface area contributed by atoms with Crippen LogP contribution in [-0.2, 0) is 22.7 Å². The molecule has 1 saturated heterocycles. The maximum Gasteiger partial charge on any atom is 0.128 e. The Balaban J connectivity index is 1.51. The first-order chi connectivity index (χ1) is 13.6. The van der Waals surface area contributed by atoms with Gasteiger partial charge in [-0.2, -0.15) is 0 Å². The molecule has 0 radical (unpaired) electrons. The van der Waals surface area contributed by atoms with Crippen LogP contribution in [0, 0.1) is 0 Å². The number of hydrogen-bond acceptors (Lipinski definition) is 7. The fraction of sp³-hybridized carbons (Fsp3) is 0.429. The van der Waals surface area contributed by atoms with E-state index in [1.807, 2.05) is 48.5 Å². The van der Waals surface area contributed by atoms with Crippen molar-refractivity contribution < 1.29 is 29.2 Å². The Labute approximate surface area is 169 Å². The van der Waals surface area contributed by atoms with Crippen LogP contribution in [-0.4, -0.2) is 53.9 Å². The third kappa shape index (κ3) is 5.40. The number of benzene rings is 2. The molecule has 6 nitrogen and oxygen atoms in total. The minimum Gasteiger partial charge on any atom is -0.497 e. The number of thioether (sulfide) groups is 1. The third-order valence-electron chi connectivity index (χ3n) is 4.62.